The molecule has 0 atom stereocenters. The van der Waals surface area contributed by atoms with Crippen LogP contribution < -0.4 is 20.7 Å². The van der Waals surface area contributed by atoms with Crippen molar-refractivity contribution >= 4 is 23.5 Å². The molecule has 0 radical (unpaired) electrons. The smallest absolute Gasteiger partial charge is 0.309 e. The Morgan fingerprint density at radius 1 is 1.03 bits per heavy atom. The first kappa shape index (κ1) is 22.7. The number of rotatable bonds is 8. The lowest BCUT2D eigenvalue weighted by molar-refractivity contribution is -0.897. The summed E-state index contributed by atoms with van der Waals surface area (Å²) >= 11 is 0. The minimum Gasteiger partial charge on any atom is -0.466 e. The van der Waals surface area contributed by atoms with E-state index in [9.17, 15) is 14.4 Å². The summed E-state index contributed by atoms with van der Waals surface area (Å²) in [6, 6.07) is 7.31. The fourth-order valence-electron chi connectivity index (χ4n) is 3.58. The van der Waals surface area contributed by atoms with Crippen molar-refractivity contribution in [3.05, 3.63) is 29.8 Å². The summed E-state index contributed by atoms with van der Waals surface area (Å²) in [5.41, 5.74) is 6.50. The molecule has 1 aromatic rings. The normalized spacial score (nSPS) is 18.6. The number of ether oxygens (including phenoxy) is 1. The predicted molar refractivity (Wildman–Crippen MR) is 111 cm³/mol. The van der Waals surface area contributed by atoms with Crippen molar-refractivity contribution in [1.29, 1.82) is 0 Å². The van der Waals surface area contributed by atoms with Crippen molar-refractivity contribution in [2.24, 2.45) is 5.92 Å². The van der Waals surface area contributed by atoms with E-state index < -0.39 is 0 Å². The highest BCUT2D eigenvalue weighted by Gasteiger charge is 2.29. The summed E-state index contributed by atoms with van der Waals surface area (Å²) in [4.78, 5) is 39.4. The Hall–Kier alpha value is -2.61. The first-order chi connectivity index (χ1) is 14.0. The zero-order chi connectivity index (χ0) is 21.2. The number of carbonyl (C=O) groups excluding carboxylic acids is 3. The Bertz CT molecular complexity index is 680. The molecule has 3 N–H and O–H groups in total. The van der Waals surface area contributed by atoms with Gasteiger partial charge < -0.3 is 14.5 Å². The number of benzene rings is 1. The van der Waals surface area contributed by atoms with E-state index in [2.05, 4.69) is 29.6 Å². The Morgan fingerprint density at radius 3 is 2.21 bits per heavy atom. The van der Waals surface area contributed by atoms with Crippen LogP contribution in [0.15, 0.2) is 24.3 Å². The molecule has 0 unspecified atom stereocenters. The SMILES string of the molecule is CCOC(=O)C1CC[NH+](CC(=O)NNC(=O)c2ccc(N(CC)CC)cc2)CC1. The Kier molecular flexibility index (Phi) is 8.92. The van der Waals surface area contributed by atoms with Gasteiger partial charge in [0.05, 0.1) is 25.6 Å². The van der Waals surface area contributed by atoms with Crippen molar-refractivity contribution in [2.75, 3.05) is 44.2 Å². The molecule has 8 nitrogen and oxygen atoms in total. The van der Waals surface area contributed by atoms with E-state index in [1.165, 1.54) is 0 Å². The number of nitrogens with one attached hydrogen (secondary N) is 3. The summed E-state index contributed by atoms with van der Waals surface area (Å²) in [6.07, 6.45) is 1.43. The monoisotopic (exact) mass is 405 g/mol. The molecule has 1 heterocycles. The van der Waals surface area contributed by atoms with Crippen molar-refractivity contribution < 1.29 is 24.0 Å². The third-order valence-corrected chi connectivity index (χ3v) is 5.30. The van der Waals surface area contributed by atoms with Crippen molar-refractivity contribution in [3.8, 4) is 0 Å². The molecule has 8 heteroatoms. The van der Waals surface area contributed by atoms with Gasteiger partial charge in [-0.1, -0.05) is 0 Å². The topological polar surface area (TPSA) is 92.2 Å². The number of carbonyl (C=O) groups is 3. The van der Waals surface area contributed by atoms with Crippen molar-refractivity contribution in [3.63, 3.8) is 0 Å². The highest BCUT2D eigenvalue weighted by atomic mass is 16.5. The van der Waals surface area contributed by atoms with Crippen molar-refractivity contribution in [1.82, 2.24) is 10.9 Å². The third-order valence-electron chi connectivity index (χ3n) is 5.30. The predicted octanol–water partition coefficient (Wildman–Crippen LogP) is 0.152. The summed E-state index contributed by atoms with van der Waals surface area (Å²) in [6.45, 7) is 9.89. The van der Waals surface area contributed by atoms with Crippen LogP contribution in [-0.4, -0.2) is 57.1 Å². The number of piperidine rings is 1. The highest BCUT2D eigenvalue weighted by molar-refractivity contribution is 5.95. The number of hydrazine groups is 1. The zero-order valence-corrected chi connectivity index (χ0v) is 17.6. The second kappa shape index (κ2) is 11.4. The largest absolute Gasteiger partial charge is 0.466 e. The minimum absolute atomic E-state index is 0.0687. The summed E-state index contributed by atoms with van der Waals surface area (Å²) in [7, 11) is 0. The lowest BCUT2D eigenvalue weighted by Gasteiger charge is -2.27. The van der Waals surface area contributed by atoms with Gasteiger partial charge >= 0.3 is 5.97 Å². The standard InChI is InChI=1S/C21H32N4O4/c1-4-25(5-2)18-9-7-16(8-10-18)20(27)23-22-19(26)15-24-13-11-17(12-14-24)21(28)29-6-3/h7-10,17H,4-6,11-15H2,1-3H3,(H,22,26)(H,23,27)/p+1. The van der Waals surface area contributed by atoms with E-state index in [0.29, 0.717) is 25.0 Å². The van der Waals surface area contributed by atoms with E-state index in [1.54, 1.807) is 19.1 Å². The average Bonchev–Trinajstić information content (AvgIpc) is 2.74. The molecule has 29 heavy (non-hydrogen) atoms. The number of esters is 1. The molecule has 0 saturated carbocycles. The van der Waals surface area contributed by atoms with E-state index in [0.717, 1.165) is 36.8 Å². The van der Waals surface area contributed by atoms with E-state index >= 15 is 0 Å². The Labute approximate surface area is 172 Å². The Balaban J connectivity index is 1.74. The molecule has 2 amide bonds. The summed E-state index contributed by atoms with van der Waals surface area (Å²) in [5.74, 6) is -0.806. The summed E-state index contributed by atoms with van der Waals surface area (Å²) < 4.78 is 5.06. The fraction of sp³-hybridized carbons (Fsp3) is 0.571. The van der Waals surface area contributed by atoms with Gasteiger partial charge in [0.1, 0.15) is 0 Å². The van der Waals surface area contributed by atoms with E-state index in [4.69, 9.17) is 4.74 Å². The van der Waals surface area contributed by atoms with Crippen LogP contribution in [0.3, 0.4) is 0 Å². The quantitative estimate of drug-likeness (QED) is 0.423. The molecule has 0 bridgehead atoms. The average molecular weight is 406 g/mol. The van der Waals surface area contributed by atoms with Crippen LogP contribution in [-0.2, 0) is 14.3 Å². The molecular weight excluding hydrogens is 372 g/mol. The van der Waals surface area contributed by atoms with Gasteiger partial charge in [0.15, 0.2) is 6.54 Å². The van der Waals surface area contributed by atoms with Crippen LogP contribution in [0.2, 0.25) is 0 Å². The van der Waals surface area contributed by atoms with Gasteiger partial charge in [0.25, 0.3) is 11.8 Å². The van der Waals surface area contributed by atoms with E-state index in [-0.39, 0.29) is 30.2 Å². The van der Waals surface area contributed by atoms with Gasteiger partial charge in [0, 0.05) is 37.2 Å². The number of quaternary nitrogens is 1. The summed E-state index contributed by atoms with van der Waals surface area (Å²) in [5, 5.41) is 0. The Morgan fingerprint density at radius 2 is 1.66 bits per heavy atom. The van der Waals surface area contributed by atoms with Crippen LogP contribution in [0.1, 0.15) is 44.0 Å². The number of amides is 2. The maximum atomic E-state index is 12.2. The molecule has 0 aliphatic carbocycles. The number of nitrogens with zero attached hydrogens (tertiary/aromatic N) is 1. The van der Waals surface area contributed by atoms with Gasteiger partial charge in [-0.2, -0.15) is 0 Å². The highest BCUT2D eigenvalue weighted by Crippen LogP contribution is 2.14. The lowest BCUT2D eigenvalue weighted by atomic mass is 9.97. The first-order valence-electron chi connectivity index (χ1n) is 10.4. The number of likely N-dealkylation sites (tertiary alicyclic amines) is 1. The molecule has 160 valence electrons. The third kappa shape index (κ3) is 6.74. The van der Waals surface area contributed by atoms with Crippen LogP contribution in [0.25, 0.3) is 0 Å². The second-order valence-corrected chi connectivity index (χ2v) is 7.17. The van der Waals surface area contributed by atoms with Crippen LogP contribution in [0.4, 0.5) is 5.69 Å². The first-order valence-corrected chi connectivity index (χ1v) is 10.4. The molecule has 0 spiro atoms. The number of anilines is 1. The van der Waals surface area contributed by atoms with Gasteiger partial charge in [0.2, 0.25) is 0 Å². The van der Waals surface area contributed by atoms with Gasteiger partial charge in [-0.15, -0.1) is 0 Å². The molecular formula is C21H33N4O4+. The van der Waals surface area contributed by atoms with Crippen LogP contribution in [0.5, 0.6) is 0 Å². The zero-order valence-electron chi connectivity index (χ0n) is 17.6. The molecule has 1 aliphatic heterocycles. The fourth-order valence-corrected chi connectivity index (χ4v) is 3.58. The van der Waals surface area contributed by atoms with Crippen LogP contribution >= 0.6 is 0 Å². The van der Waals surface area contributed by atoms with Gasteiger partial charge in [-0.3, -0.25) is 25.2 Å². The van der Waals surface area contributed by atoms with Crippen molar-refractivity contribution in [2.45, 2.75) is 33.6 Å². The minimum atomic E-state index is -0.347. The molecule has 1 saturated heterocycles. The van der Waals surface area contributed by atoms with Gasteiger partial charge in [-0.05, 0) is 45.0 Å². The molecule has 0 aromatic heterocycles. The second-order valence-electron chi connectivity index (χ2n) is 7.17. The van der Waals surface area contributed by atoms with Gasteiger partial charge in [-0.25, -0.2) is 0 Å². The van der Waals surface area contributed by atoms with E-state index in [1.807, 2.05) is 12.1 Å². The maximum Gasteiger partial charge on any atom is 0.309 e. The molecule has 1 fully saturated rings. The maximum absolute atomic E-state index is 12.2. The number of hydrogen-bond acceptors (Lipinski definition) is 5. The lowest BCUT2D eigenvalue weighted by Crippen LogP contribution is -3.14. The molecule has 1 aromatic carbocycles. The molecule has 2 rings (SSSR count). The molecule has 1 aliphatic rings. The number of hydrogen-bond donors (Lipinski definition) is 3. The van der Waals surface area contributed by atoms with Crippen LogP contribution in [0, 0.1) is 5.92 Å².